The first-order chi connectivity index (χ1) is 9.98. The van der Waals surface area contributed by atoms with Crippen LogP contribution in [0.1, 0.15) is 42.6 Å². The van der Waals surface area contributed by atoms with Crippen molar-refractivity contribution in [2.24, 2.45) is 0 Å². The van der Waals surface area contributed by atoms with Crippen LogP contribution in [0, 0.1) is 0 Å². The molecule has 2 aliphatic heterocycles. The maximum absolute atomic E-state index is 12.6. The summed E-state index contributed by atoms with van der Waals surface area (Å²) < 4.78 is 0. The molecule has 1 saturated heterocycles. The second kappa shape index (κ2) is 5.30. The Morgan fingerprint density at radius 3 is 3.05 bits per heavy atom. The van der Waals surface area contributed by atoms with Gasteiger partial charge >= 0.3 is 0 Å². The predicted octanol–water partition coefficient (Wildman–Crippen LogP) is 1.65. The van der Waals surface area contributed by atoms with Crippen molar-refractivity contribution >= 4 is 11.7 Å². The monoisotopic (exact) mass is 288 g/mol. The lowest BCUT2D eigenvalue weighted by atomic mass is 9.91. The normalized spacial score (nSPS) is 23.6. The molecule has 0 radical (unpaired) electrons. The zero-order valence-corrected chi connectivity index (χ0v) is 13.1. The summed E-state index contributed by atoms with van der Waals surface area (Å²) in [5.74, 6) is 1.03. The smallest absolute Gasteiger partial charge is 0.255 e. The van der Waals surface area contributed by atoms with Gasteiger partial charge in [0.2, 0.25) is 0 Å². The minimum Gasteiger partial charge on any atom is -0.365 e. The zero-order chi connectivity index (χ0) is 15.0. The van der Waals surface area contributed by atoms with Crippen molar-refractivity contribution in [1.82, 2.24) is 15.2 Å². The van der Waals surface area contributed by atoms with Crippen molar-refractivity contribution in [3.8, 4) is 0 Å². The third-order valence-corrected chi connectivity index (χ3v) is 4.57. The molecule has 2 aliphatic rings. The summed E-state index contributed by atoms with van der Waals surface area (Å²) >= 11 is 0. The Morgan fingerprint density at radius 1 is 1.52 bits per heavy atom. The predicted molar refractivity (Wildman–Crippen MR) is 83.6 cm³/mol. The highest BCUT2D eigenvalue weighted by Gasteiger charge is 2.28. The summed E-state index contributed by atoms with van der Waals surface area (Å²) in [7, 11) is 1.95. The second-order valence-electron chi connectivity index (χ2n) is 6.77. The fraction of sp³-hybridized carbons (Fsp3) is 0.625. The SMILES string of the molecule is CNC1CCN(C(=O)c2cnc3c(c2)CCC(C)(C)N3)C1. The van der Waals surface area contributed by atoms with E-state index >= 15 is 0 Å². The molecule has 1 atom stereocenters. The van der Waals surface area contributed by atoms with E-state index in [1.165, 1.54) is 0 Å². The molecule has 0 aromatic carbocycles. The number of likely N-dealkylation sites (N-methyl/N-ethyl adjacent to an activating group) is 1. The lowest BCUT2D eigenvalue weighted by Crippen LogP contribution is -2.36. The lowest BCUT2D eigenvalue weighted by Gasteiger charge is -2.33. The molecule has 5 nitrogen and oxygen atoms in total. The van der Waals surface area contributed by atoms with E-state index in [0.29, 0.717) is 11.6 Å². The van der Waals surface area contributed by atoms with Crippen LogP contribution in [0.5, 0.6) is 0 Å². The van der Waals surface area contributed by atoms with Crippen molar-refractivity contribution < 1.29 is 4.79 Å². The highest BCUT2D eigenvalue weighted by atomic mass is 16.2. The number of fused-ring (bicyclic) bond motifs is 1. The Labute approximate surface area is 126 Å². The average molecular weight is 288 g/mol. The van der Waals surface area contributed by atoms with Crippen molar-refractivity contribution in [3.63, 3.8) is 0 Å². The van der Waals surface area contributed by atoms with E-state index < -0.39 is 0 Å². The van der Waals surface area contributed by atoms with E-state index in [4.69, 9.17) is 0 Å². The number of amides is 1. The quantitative estimate of drug-likeness (QED) is 0.869. The number of nitrogens with one attached hydrogen (secondary N) is 2. The van der Waals surface area contributed by atoms with E-state index in [2.05, 4.69) is 29.5 Å². The maximum Gasteiger partial charge on any atom is 0.255 e. The van der Waals surface area contributed by atoms with Crippen LogP contribution in [-0.2, 0) is 6.42 Å². The van der Waals surface area contributed by atoms with E-state index in [0.717, 1.165) is 43.7 Å². The third kappa shape index (κ3) is 2.88. The summed E-state index contributed by atoms with van der Waals surface area (Å²) in [6.07, 6.45) is 4.77. The van der Waals surface area contributed by atoms with Crippen molar-refractivity contribution in [2.45, 2.75) is 44.7 Å². The Hall–Kier alpha value is -1.62. The largest absolute Gasteiger partial charge is 0.365 e. The molecule has 3 heterocycles. The van der Waals surface area contributed by atoms with Gasteiger partial charge in [-0.2, -0.15) is 0 Å². The third-order valence-electron chi connectivity index (χ3n) is 4.57. The van der Waals surface area contributed by atoms with Crippen LogP contribution >= 0.6 is 0 Å². The highest BCUT2D eigenvalue weighted by molar-refractivity contribution is 5.94. The standard InChI is InChI=1S/C16H24N4O/c1-16(2)6-4-11-8-12(9-18-14(11)19-16)15(21)20-7-5-13(10-20)17-3/h8-9,13,17H,4-7,10H2,1-3H3,(H,18,19). The van der Waals surface area contributed by atoms with Gasteiger partial charge in [0, 0.05) is 30.9 Å². The number of hydrogen-bond donors (Lipinski definition) is 2. The number of carbonyl (C=O) groups excluding carboxylic acids is 1. The number of aromatic nitrogens is 1. The molecule has 0 spiro atoms. The molecule has 1 fully saturated rings. The number of carbonyl (C=O) groups is 1. The topological polar surface area (TPSA) is 57.3 Å². The summed E-state index contributed by atoms with van der Waals surface area (Å²) in [4.78, 5) is 19.0. The Morgan fingerprint density at radius 2 is 2.33 bits per heavy atom. The van der Waals surface area contributed by atoms with Gasteiger partial charge < -0.3 is 15.5 Å². The molecule has 5 heteroatoms. The van der Waals surface area contributed by atoms with E-state index in [1.807, 2.05) is 18.0 Å². The zero-order valence-electron chi connectivity index (χ0n) is 13.1. The summed E-state index contributed by atoms with van der Waals surface area (Å²) in [5.41, 5.74) is 1.96. The van der Waals surface area contributed by atoms with Gasteiger partial charge in [-0.3, -0.25) is 4.79 Å². The highest BCUT2D eigenvalue weighted by Crippen LogP contribution is 2.29. The molecule has 0 aliphatic carbocycles. The maximum atomic E-state index is 12.6. The Bertz CT molecular complexity index is 555. The molecule has 0 saturated carbocycles. The van der Waals surface area contributed by atoms with Gasteiger partial charge in [-0.05, 0) is 51.8 Å². The van der Waals surface area contributed by atoms with Crippen LogP contribution in [0.4, 0.5) is 5.82 Å². The molecule has 3 rings (SSSR count). The molecule has 114 valence electrons. The Kier molecular flexibility index (Phi) is 3.61. The summed E-state index contributed by atoms with van der Waals surface area (Å²) in [5, 5.41) is 6.68. The first-order valence-electron chi connectivity index (χ1n) is 7.72. The van der Waals surface area contributed by atoms with Crippen molar-refractivity contribution in [1.29, 1.82) is 0 Å². The minimum absolute atomic E-state index is 0.0838. The average Bonchev–Trinajstić information content (AvgIpc) is 2.94. The van der Waals surface area contributed by atoms with Crippen LogP contribution in [0.3, 0.4) is 0 Å². The van der Waals surface area contributed by atoms with Crippen LogP contribution < -0.4 is 10.6 Å². The minimum atomic E-state index is 0.0838. The van der Waals surface area contributed by atoms with Gasteiger partial charge in [0.15, 0.2) is 0 Å². The second-order valence-corrected chi connectivity index (χ2v) is 6.77. The molecule has 1 aromatic heterocycles. The van der Waals surface area contributed by atoms with Crippen molar-refractivity contribution in [2.75, 3.05) is 25.5 Å². The van der Waals surface area contributed by atoms with E-state index in [1.54, 1.807) is 6.20 Å². The first kappa shape index (κ1) is 14.3. The number of aryl methyl sites for hydroxylation is 1. The molecule has 21 heavy (non-hydrogen) atoms. The molecule has 1 unspecified atom stereocenters. The van der Waals surface area contributed by atoms with Gasteiger partial charge in [-0.1, -0.05) is 0 Å². The van der Waals surface area contributed by atoms with Crippen LogP contribution in [-0.4, -0.2) is 47.5 Å². The number of hydrogen-bond acceptors (Lipinski definition) is 4. The lowest BCUT2D eigenvalue weighted by molar-refractivity contribution is 0.0789. The number of anilines is 1. The van der Waals surface area contributed by atoms with Gasteiger partial charge in [0.1, 0.15) is 5.82 Å². The molecular weight excluding hydrogens is 264 g/mol. The van der Waals surface area contributed by atoms with Gasteiger partial charge in [-0.15, -0.1) is 0 Å². The van der Waals surface area contributed by atoms with Crippen molar-refractivity contribution in [3.05, 3.63) is 23.4 Å². The fourth-order valence-corrected chi connectivity index (χ4v) is 3.12. The summed E-state index contributed by atoms with van der Waals surface area (Å²) in [6, 6.07) is 2.43. The molecule has 1 aromatic rings. The van der Waals surface area contributed by atoms with Crippen LogP contribution in [0.2, 0.25) is 0 Å². The number of rotatable bonds is 2. The van der Waals surface area contributed by atoms with E-state index in [9.17, 15) is 4.79 Å². The van der Waals surface area contributed by atoms with E-state index in [-0.39, 0.29) is 11.4 Å². The molecule has 2 N–H and O–H groups in total. The van der Waals surface area contributed by atoms with Crippen LogP contribution in [0.25, 0.3) is 0 Å². The number of likely N-dealkylation sites (tertiary alicyclic amines) is 1. The number of nitrogens with zero attached hydrogens (tertiary/aromatic N) is 2. The van der Waals surface area contributed by atoms with Crippen LogP contribution in [0.15, 0.2) is 12.3 Å². The van der Waals surface area contributed by atoms with Gasteiger partial charge in [0.25, 0.3) is 5.91 Å². The molecule has 1 amide bonds. The Balaban J connectivity index is 1.77. The van der Waals surface area contributed by atoms with Gasteiger partial charge in [-0.25, -0.2) is 4.98 Å². The fourth-order valence-electron chi connectivity index (χ4n) is 3.12. The molecule has 0 bridgehead atoms. The van der Waals surface area contributed by atoms with Gasteiger partial charge in [0.05, 0.1) is 5.56 Å². The first-order valence-corrected chi connectivity index (χ1v) is 7.72. The number of pyridine rings is 1. The summed E-state index contributed by atoms with van der Waals surface area (Å²) in [6.45, 7) is 5.97. The molecular formula is C16H24N4O.